The summed E-state index contributed by atoms with van der Waals surface area (Å²) in [4.78, 5) is 29.0. The number of para-hydroxylation sites is 1. The van der Waals surface area contributed by atoms with Crippen LogP contribution in [0.1, 0.15) is 25.2 Å². The van der Waals surface area contributed by atoms with Crippen molar-refractivity contribution in [1.29, 1.82) is 0 Å². The highest BCUT2D eigenvalue weighted by Crippen LogP contribution is 2.17. The lowest BCUT2D eigenvalue weighted by Crippen LogP contribution is -2.48. The van der Waals surface area contributed by atoms with Crippen LogP contribution in [0.5, 0.6) is 0 Å². The minimum atomic E-state index is -0.262. The Hall–Kier alpha value is -2.81. The average Bonchev–Trinajstić information content (AvgIpc) is 3.23. The largest absolute Gasteiger partial charge is 0.336 e. The lowest BCUT2D eigenvalue weighted by molar-refractivity contribution is 0.0628. The molecule has 2 aromatic carbocycles. The Labute approximate surface area is 183 Å². The number of anilines is 1. The highest BCUT2D eigenvalue weighted by molar-refractivity contribution is 7.13. The van der Waals surface area contributed by atoms with E-state index < -0.39 is 0 Å². The van der Waals surface area contributed by atoms with E-state index in [-0.39, 0.29) is 11.8 Å². The predicted molar refractivity (Wildman–Crippen MR) is 117 cm³/mol. The molecule has 2 heterocycles. The van der Waals surface area contributed by atoms with Gasteiger partial charge < -0.3 is 10.2 Å². The lowest BCUT2D eigenvalue weighted by atomic mass is 10.2. The number of rotatable bonds is 5. The molecule has 0 aliphatic carbocycles. The summed E-state index contributed by atoms with van der Waals surface area (Å²) in [6.07, 6.45) is 0. The van der Waals surface area contributed by atoms with Gasteiger partial charge in [-0.05, 0) is 30.3 Å². The first-order chi connectivity index (χ1) is 14.6. The molecule has 154 valence electrons. The van der Waals surface area contributed by atoms with Crippen LogP contribution in [0.15, 0.2) is 54.6 Å². The Bertz CT molecular complexity index is 1030. The van der Waals surface area contributed by atoms with Crippen molar-refractivity contribution in [3.63, 3.8) is 0 Å². The summed E-state index contributed by atoms with van der Waals surface area (Å²) in [5.74, 6) is -0.269. The van der Waals surface area contributed by atoms with Gasteiger partial charge in [0.2, 0.25) is 5.01 Å². The second-order valence-electron chi connectivity index (χ2n) is 6.90. The first-order valence-electron chi connectivity index (χ1n) is 9.54. The van der Waals surface area contributed by atoms with Crippen molar-refractivity contribution in [3.8, 4) is 0 Å². The summed E-state index contributed by atoms with van der Waals surface area (Å²) in [6.45, 7) is 3.33. The molecule has 1 saturated heterocycles. The summed E-state index contributed by atoms with van der Waals surface area (Å²) < 4.78 is 0. The highest BCUT2D eigenvalue weighted by Gasteiger charge is 2.23. The van der Waals surface area contributed by atoms with E-state index >= 15 is 0 Å². The van der Waals surface area contributed by atoms with Gasteiger partial charge >= 0.3 is 0 Å². The molecule has 0 radical (unpaired) electrons. The number of carbonyl (C=O) groups is 2. The van der Waals surface area contributed by atoms with Crippen molar-refractivity contribution in [2.45, 2.75) is 6.54 Å². The molecule has 0 saturated carbocycles. The third-order valence-corrected chi connectivity index (χ3v) is 5.92. The quantitative estimate of drug-likeness (QED) is 0.656. The summed E-state index contributed by atoms with van der Waals surface area (Å²) in [5.41, 5.74) is 1.33. The molecule has 0 atom stereocenters. The molecule has 1 aliphatic rings. The number of carbonyl (C=O) groups excluding carboxylic acids is 2. The SMILES string of the molecule is O=C(Nc1ccccc1)c1nnc(CN2CCN(C(=O)c3cccc(Cl)c3)CC2)s1. The van der Waals surface area contributed by atoms with Gasteiger partial charge in [-0.1, -0.05) is 47.2 Å². The van der Waals surface area contributed by atoms with Gasteiger partial charge in [-0.2, -0.15) is 0 Å². The van der Waals surface area contributed by atoms with Crippen LogP contribution in [0, 0.1) is 0 Å². The third-order valence-electron chi connectivity index (χ3n) is 4.78. The standard InChI is InChI=1S/C21H20ClN5O2S/c22-16-6-4-5-15(13-16)21(29)27-11-9-26(10-12-27)14-18-24-25-20(30-18)19(28)23-17-7-2-1-3-8-17/h1-8,13H,9-12,14H2,(H,23,28). The molecule has 9 heteroatoms. The maximum atomic E-state index is 12.6. The molecule has 1 aliphatic heterocycles. The van der Waals surface area contributed by atoms with Gasteiger partial charge in [0.25, 0.3) is 11.8 Å². The van der Waals surface area contributed by atoms with Crippen LogP contribution in [0.25, 0.3) is 0 Å². The van der Waals surface area contributed by atoms with Gasteiger partial charge in [-0.3, -0.25) is 14.5 Å². The lowest BCUT2D eigenvalue weighted by Gasteiger charge is -2.34. The molecule has 1 N–H and O–H groups in total. The van der Waals surface area contributed by atoms with E-state index in [1.165, 1.54) is 11.3 Å². The van der Waals surface area contributed by atoms with Crippen LogP contribution in [0.4, 0.5) is 5.69 Å². The highest BCUT2D eigenvalue weighted by atomic mass is 35.5. The fraction of sp³-hybridized carbons (Fsp3) is 0.238. The Kier molecular flexibility index (Phi) is 6.37. The average molecular weight is 442 g/mol. The molecule has 0 spiro atoms. The molecule has 0 bridgehead atoms. The molecule has 4 rings (SSSR count). The topological polar surface area (TPSA) is 78.4 Å². The molecule has 0 unspecified atom stereocenters. The van der Waals surface area contributed by atoms with Crippen molar-refractivity contribution < 1.29 is 9.59 Å². The summed E-state index contributed by atoms with van der Waals surface area (Å²) in [7, 11) is 0. The van der Waals surface area contributed by atoms with E-state index in [4.69, 9.17) is 11.6 Å². The van der Waals surface area contributed by atoms with Crippen LogP contribution in [-0.2, 0) is 6.54 Å². The normalized spacial score (nSPS) is 14.5. The molecule has 3 aromatic rings. The van der Waals surface area contributed by atoms with Crippen LogP contribution in [0.3, 0.4) is 0 Å². The fourth-order valence-corrected chi connectivity index (χ4v) is 4.19. The number of piperazine rings is 1. The number of hydrogen-bond donors (Lipinski definition) is 1. The molecular weight excluding hydrogens is 422 g/mol. The number of amides is 2. The zero-order chi connectivity index (χ0) is 20.9. The van der Waals surface area contributed by atoms with Crippen molar-refractivity contribution in [2.75, 3.05) is 31.5 Å². The van der Waals surface area contributed by atoms with Crippen molar-refractivity contribution in [3.05, 3.63) is 75.2 Å². The van der Waals surface area contributed by atoms with Gasteiger partial charge in [0.05, 0.1) is 6.54 Å². The minimum absolute atomic E-state index is 0.00654. The number of nitrogens with zero attached hydrogens (tertiary/aromatic N) is 4. The van der Waals surface area contributed by atoms with E-state index in [1.54, 1.807) is 24.3 Å². The van der Waals surface area contributed by atoms with Crippen molar-refractivity contribution >= 4 is 40.4 Å². The van der Waals surface area contributed by atoms with Gasteiger partial charge in [-0.25, -0.2) is 0 Å². The molecule has 7 nitrogen and oxygen atoms in total. The minimum Gasteiger partial charge on any atom is -0.336 e. The number of benzene rings is 2. The number of nitrogens with one attached hydrogen (secondary N) is 1. The number of hydrogen-bond acceptors (Lipinski definition) is 6. The van der Waals surface area contributed by atoms with E-state index in [0.717, 1.165) is 23.8 Å². The van der Waals surface area contributed by atoms with Gasteiger partial charge in [0.1, 0.15) is 5.01 Å². The van der Waals surface area contributed by atoms with Gasteiger partial charge in [0, 0.05) is 42.5 Å². The fourth-order valence-electron chi connectivity index (χ4n) is 3.22. The monoisotopic (exact) mass is 441 g/mol. The number of aromatic nitrogens is 2. The van der Waals surface area contributed by atoms with E-state index in [0.29, 0.717) is 35.2 Å². The Morgan fingerprint density at radius 1 is 1.00 bits per heavy atom. The molecular formula is C21H20ClN5O2S. The molecule has 2 amide bonds. The second-order valence-corrected chi connectivity index (χ2v) is 8.40. The summed E-state index contributed by atoms with van der Waals surface area (Å²) in [5, 5.41) is 12.7. The van der Waals surface area contributed by atoms with Crippen LogP contribution in [-0.4, -0.2) is 58.0 Å². The zero-order valence-electron chi connectivity index (χ0n) is 16.1. The first-order valence-corrected chi connectivity index (χ1v) is 10.7. The summed E-state index contributed by atoms with van der Waals surface area (Å²) in [6, 6.07) is 16.3. The maximum Gasteiger partial charge on any atom is 0.286 e. The number of halogens is 1. The van der Waals surface area contributed by atoms with Gasteiger partial charge in [0.15, 0.2) is 0 Å². The van der Waals surface area contributed by atoms with E-state index in [9.17, 15) is 9.59 Å². The maximum absolute atomic E-state index is 12.6. The molecule has 1 aromatic heterocycles. The Morgan fingerprint density at radius 2 is 1.77 bits per heavy atom. The summed E-state index contributed by atoms with van der Waals surface area (Å²) >= 11 is 7.28. The Morgan fingerprint density at radius 3 is 2.50 bits per heavy atom. The Balaban J connectivity index is 1.29. The van der Waals surface area contributed by atoms with Crippen molar-refractivity contribution in [1.82, 2.24) is 20.0 Å². The van der Waals surface area contributed by atoms with Crippen LogP contribution >= 0.6 is 22.9 Å². The van der Waals surface area contributed by atoms with Gasteiger partial charge in [-0.15, -0.1) is 10.2 Å². The van der Waals surface area contributed by atoms with Crippen molar-refractivity contribution in [2.24, 2.45) is 0 Å². The predicted octanol–water partition coefficient (Wildman–Crippen LogP) is 3.40. The van der Waals surface area contributed by atoms with Crippen LogP contribution in [0.2, 0.25) is 5.02 Å². The second kappa shape index (κ2) is 9.34. The smallest absolute Gasteiger partial charge is 0.286 e. The molecule has 30 heavy (non-hydrogen) atoms. The first kappa shape index (κ1) is 20.5. The third kappa shape index (κ3) is 5.02. The van der Waals surface area contributed by atoms with E-state index in [2.05, 4.69) is 20.4 Å². The molecule has 1 fully saturated rings. The van der Waals surface area contributed by atoms with E-state index in [1.807, 2.05) is 35.2 Å². The zero-order valence-corrected chi connectivity index (χ0v) is 17.7. The van der Waals surface area contributed by atoms with Crippen LogP contribution < -0.4 is 5.32 Å².